The van der Waals surface area contributed by atoms with E-state index in [-0.39, 0.29) is 22.6 Å². The molecule has 0 atom stereocenters. The summed E-state index contributed by atoms with van der Waals surface area (Å²) in [6.07, 6.45) is -1.91. The van der Waals surface area contributed by atoms with Gasteiger partial charge in [0.25, 0.3) is 5.91 Å². The summed E-state index contributed by atoms with van der Waals surface area (Å²) in [6.45, 7) is 3.23. The van der Waals surface area contributed by atoms with Gasteiger partial charge in [0.05, 0.1) is 17.8 Å². The Morgan fingerprint density at radius 3 is 2.36 bits per heavy atom. The molecule has 1 aromatic rings. The monoisotopic (exact) mass is 313 g/mol. The van der Waals surface area contributed by atoms with Crippen molar-refractivity contribution in [2.75, 3.05) is 19.7 Å². The van der Waals surface area contributed by atoms with Crippen molar-refractivity contribution >= 4 is 5.91 Å². The predicted octanol–water partition coefficient (Wildman–Crippen LogP) is 3.41. The molecule has 0 radical (unpaired) electrons. The maximum Gasteiger partial charge on any atom is 0.416 e. The Morgan fingerprint density at radius 1 is 1.23 bits per heavy atom. The minimum absolute atomic E-state index is 0.0822. The molecule has 0 bridgehead atoms. The first kappa shape index (κ1) is 15.3. The van der Waals surface area contributed by atoms with Crippen LogP contribution in [-0.2, 0) is 10.9 Å². The van der Waals surface area contributed by atoms with Crippen molar-refractivity contribution in [1.82, 2.24) is 4.90 Å². The van der Waals surface area contributed by atoms with E-state index in [1.807, 2.05) is 0 Å². The van der Waals surface area contributed by atoms with Gasteiger partial charge in [0.2, 0.25) is 0 Å². The molecule has 2 saturated heterocycles. The van der Waals surface area contributed by atoms with Gasteiger partial charge in [-0.25, -0.2) is 0 Å². The highest BCUT2D eigenvalue weighted by Crippen LogP contribution is 2.37. The lowest BCUT2D eigenvalue weighted by molar-refractivity contribution is -0.169. The summed E-state index contributed by atoms with van der Waals surface area (Å²) in [4.78, 5) is 14.0. The summed E-state index contributed by atoms with van der Waals surface area (Å²) in [6, 6.07) is 3.79. The van der Waals surface area contributed by atoms with E-state index in [0.717, 1.165) is 31.9 Å². The van der Waals surface area contributed by atoms with Gasteiger partial charge in [0.1, 0.15) is 0 Å². The number of benzene rings is 1. The fourth-order valence-electron chi connectivity index (χ4n) is 3.15. The van der Waals surface area contributed by atoms with Crippen LogP contribution in [0.25, 0.3) is 0 Å². The number of hydrogen-bond donors (Lipinski definition) is 0. The molecule has 0 aliphatic carbocycles. The second-order valence-corrected chi connectivity index (χ2v) is 6.10. The summed E-state index contributed by atoms with van der Waals surface area (Å²) in [7, 11) is 0. The van der Waals surface area contributed by atoms with Crippen LogP contribution in [0.4, 0.5) is 13.2 Å². The molecule has 2 aliphatic rings. The van der Waals surface area contributed by atoms with Crippen molar-refractivity contribution < 1.29 is 22.7 Å². The summed E-state index contributed by atoms with van der Waals surface area (Å²) < 4.78 is 44.4. The maximum absolute atomic E-state index is 12.9. The Labute approximate surface area is 127 Å². The molecule has 2 aliphatic heterocycles. The number of halogens is 3. The van der Waals surface area contributed by atoms with Crippen molar-refractivity contribution in [3.05, 3.63) is 34.9 Å². The number of carbonyl (C=O) groups is 1. The lowest BCUT2D eigenvalue weighted by Gasteiger charge is -2.47. The van der Waals surface area contributed by atoms with Crippen LogP contribution < -0.4 is 0 Å². The summed E-state index contributed by atoms with van der Waals surface area (Å²) >= 11 is 0. The van der Waals surface area contributed by atoms with Crippen molar-refractivity contribution in [1.29, 1.82) is 0 Å². The molecular formula is C16H18F3NO2. The second kappa shape index (κ2) is 5.26. The van der Waals surface area contributed by atoms with Gasteiger partial charge in [-0.05, 0) is 43.9 Å². The van der Waals surface area contributed by atoms with E-state index in [9.17, 15) is 18.0 Å². The maximum atomic E-state index is 12.9. The highest BCUT2D eigenvalue weighted by Gasteiger charge is 2.42. The van der Waals surface area contributed by atoms with Gasteiger partial charge in [0.15, 0.2) is 0 Å². The molecule has 0 N–H and O–H groups in total. The Hall–Kier alpha value is -1.56. The molecule has 6 heteroatoms. The topological polar surface area (TPSA) is 29.5 Å². The van der Waals surface area contributed by atoms with E-state index in [1.165, 1.54) is 19.1 Å². The normalized spacial score (nSPS) is 20.8. The molecule has 22 heavy (non-hydrogen) atoms. The number of ether oxygens (including phenoxy) is 1. The number of nitrogens with zero attached hydrogens (tertiary/aromatic N) is 1. The van der Waals surface area contributed by atoms with Gasteiger partial charge in [-0.2, -0.15) is 13.2 Å². The molecule has 0 aromatic heterocycles. The van der Waals surface area contributed by atoms with Gasteiger partial charge >= 0.3 is 6.18 Å². The van der Waals surface area contributed by atoms with Gasteiger partial charge < -0.3 is 9.64 Å². The Morgan fingerprint density at radius 2 is 1.86 bits per heavy atom. The van der Waals surface area contributed by atoms with Gasteiger partial charge in [0, 0.05) is 18.7 Å². The Bertz CT molecular complexity index is 584. The van der Waals surface area contributed by atoms with E-state index in [1.54, 1.807) is 4.90 Å². The average Bonchev–Trinajstić information content (AvgIpc) is 2.44. The largest absolute Gasteiger partial charge is 0.416 e. The molecule has 2 heterocycles. The molecule has 0 saturated carbocycles. The third kappa shape index (κ3) is 2.72. The fraction of sp³-hybridized carbons (Fsp3) is 0.562. The van der Waals surface area contributed by atoms with Crippen molar-refractivity contribution in [2.24, 2.45) is 0 Å². The van der Waals surface area contributed by atoms with E-state index >= 15 is 0 Å². The molecule has 1 amide bonds. The van der Waals surface area contributed by atoms with Crippen LogP contribution in [0.15, 0.2) is 18.2 Å². The highest BCUT2D eigenvalue weighted by molar-refractivity contribution is 5.94. The van der Waals surface area contributed by atoms with Crippen LogP contribution in [0.5, 0.6) is 0 Å². The molecule has 120 valence electrons. The second-order valence-electron chi connectivity index (χ2n) is 6.10. The van der Waals surface area contributed by atoms with Gasteiger partial charge in [-0.1, -0.05) is 6.07 Å². The average molecular weight is 313 g/mol. The summed E-state index contributed by atoms with van der Waals surface area (Å²) in [5.74, 6) is -0.334. The van der Waals surface area contributed by atoms with E-state index in [0.29, 0.717) is 13.1 Å². The zero-order valence-corrected chi connectivity index (χ0v) is 12.4. The smallest absolute Gasteiger partial charge is 0.375 e. The van der Waals surface area contributed by atoms with Crippen LogP contribution in [0.2, 0.25) is 0 Å². The molecular weight excluding hydrogens is 295 g/mol. The number of hydrogen-bond acceptors (Lipinski definition) is 2. The number of rotatable bonds is 1. The third-order valence-electron chi connectivity index (χ3n) is 4.72. The molecule has 1 aromatic carbocycles. The van der Waals surface area contributed by atoms with Gasteiger partial charge in [-0.15, -0.1) is 0 Å². The first-order chi connectivity index (χ1) is 10.3. The number of likely N-dealkylation sites (tertiary alicyclic amines) is 1. The molecule has 3 nitrogen and oxygen atoms in total. The predicted molar refractivity (Wildman–Crippen MR) is 74.6 cm³/mol. The number of amides is 1. The molecule has 2 fully saturated rings. The number of alkyl halides is 3. The van der Waals surface area contributed by atoms with Gasteiger partial charge in [-0.3, -0.25) is 4.79 Å². The lowest BCUT2D eigenvalue weighted by Crippen LogP contribution is -2.53. The SMILES string of the molecule is Cc1ccc(C(=O)N2CCC3(CCO3)CC2)cc1C(F)(F)F. The standard InChI is InChI=1S/C16H18F3NO2/c1-11-2-3-12(10-13(11)16(17,18)19)14(21)20-7-4-15(5-8-20)6-9-22-15/h2-3,10H,4-9H2,1H3. The highest BCUT2D eigenvalue weighted by atomic mass is 19.4. The fourth-order valence-corrected chi connectivity index (χ4v) is 3.15. The molecule has 0 unspecified atom stereocenters. The van der Waals surface area contributed by atoms with Crippen LogP contribution in [0.3, 0.4) is 0 Å². The molecule has 1 spiro atoms. The van der Waals surface area contributed by atoms with Crippen molar-refractivity contribution in [2.45, 2.75) is 38.0 Å². The number of carbonyl (C=O) groups excluding carboxylic acids is 1. The van der Waals surface area contributed by atoms with Crippen molar-refractivity contribution in [3.8, 4) is 0 Å². The first-order valence-electron chi connectivity index (χ1n) is 7.42. The third-order valence-corrected chi connectivity index (χ3v) is 4.72. The molecule has 3 rings (SSSR count). The summed E-state index contributed by atoms with van der Waals surface area (Å²) in [5.41, 5.74) is -0.594. The van der Waals surface area contributed by atoms with Crippen LogP contribution in [0, 0.1) is 6.92 Å². The zero-order valence-electron chi connectivity index (χ0n) is 12.4. The zero-order chi connectivity index (χ0) is 16.0. The summed E-state index contributed by atoms with van der Waals surface area (Å²) in [5, 5.41) is 0. The van der Waals surface area contributed by atoms with Crippen LogP contribution >= 0.6 is 0 Å². The van der Waals surface area contributed by atoms with E-state index in [4.69, 9.17) is 4.74 Å². The number of piperidine rings is 1. The Balaban J connectivity index is 1.75. The van der Waals surface area contributed by atoms with E-state index < -0.39 is 11.7 Å². The van der Waals surface area contributed by atoms with E-state index in [2.05, 4.69) is 0 Å². The minimum atomic E-state index is -4.44. The first-order valence-corrected chi connectivity index (χ1v) is 7.42. The number of aryl methyl sites for hydroxylation is 1. The lowest BCUT2D eigenvalue weighted by atomic mass is 9.84. The Kier molecular flexibility index (Phi) is 3.67. The quantitative estimate of drug-likeness (QED) is 0.795. The minimum Gasteiger partial charge on any atom is -0.375 e. The van der Waals surface area contributed by atoms with Crippen LogP contribution in [0.1, 0.15) is 40.7 Å². The van der Waals surface area contributed by atoms with Crippen LogP contribution in [-0.4, -0.2) is 36.1 Å². The van der Waals surface area contributed by atoms with Crippen molar-refractivity contribution in [3.63, 3.8) is 0 Å².